The van der Waals surface area contributed by atoms with E-state index in [1.165, 1.54) is 12.8 Å². The van der Waals surface area contributed by atoms with Crippen molar-refractivity contribution in [3.05, 3.63) is 0 Å². The van der Waals surface area contributed by atoms with E-state index in [1.807, 2.05) is 20.8 Å². The van der Waals surface area contributed by atoms with Crippen molar-refractivity contribution < 1.29 is 19.1 Å². The van der Waals surface area contributed by atoms with E-state index in [-0.39, 0.29) is 12.7 Å². The van der Waals surface area contributed by atoms with Crippen LogP contribution in [0.4, 0.5) is 4.79 Å². The van der Waals surface area contributed by atoms with Gasteiger partial charge >= 0.3 is 6.09 Å². The van der Waals surface area contributed by atoms with Crippen molar-refractivity contribution >= 4 is 12.0 Å². The lowest BCUT2D eigenvalue weighted by atomic mass is 9.84. The molecule has 134 valence electrons. The first-order valence-corrected chi connectivity index (χ1v) is 8.34. The number of carbonyl (C=O) groups excluding carboxylic acids is 2. The number of primary amides is 1. The Hall–Kier alpha value is -1.34. The van der Waals surface area contributed by atoms with E-state index in [4.69, 9.17) is 15.2 Å². The van der Waals surface area contributed by atoms with Gasteiger partial charge in [0, 0.05) is 19.1 Å². The monoisotopic (exact) mass is 329 g/mol. The third-order valence-corrected chi connectivity index (χ3v) is 3.71. The number of nitrogens with two attached hydrogens (primary N) is 1. The molecule has 2 atom stereocenters. The Morgan fingerprint density at radius 3 is 2.57 bits per heavy atom. The molecular weight excluding hydrogens is 298 g/mol. The standard InChI is InChI=1S/C16H31N3O4/c1-16(2,3)23-15(21)19-10-12-6-4-5-7-13(12)18-8-9-22-11-14(17)20/h12-13,18H,4-11H2,1-3H3,(H2,17,20)(H,19,21). The van der Waals surface area contributed by atoms with Crippen LogP contribution in [0.25, 0.3) is 0 Å². The van der Waals surface area contributed by atoms with Crippen molar-refractivity contribution in [1.82, 2.24) is 10.6 Å². The van der Waals surface area contributed by atoms with E-state index < -0.39 is 11.5 Å². The second kappa shape index (κ2) is 9.72. The molecule has 7 heteroatoms. The van der Waals surface area contributed by atoms with E-state index in [0.29, 0.717) is 31.7 Å². The summed E-state index contributed by atoms with van der Waals surface area (Å²) in [5.74, 6) is -0.0745. The van der Waals surface area contributed by atoms with Gasteiger partial charge in [-0.1, -0.05) is 12.8 Å². The summed E-state index contributed by atoms with van der Waals surface area (Å²) in [6.07, 6.45) is 4.15. The number of alkyl carbamates (subject to hydrolysis) is 1. The number of carbonyl (C=O) groups is 2. The van der Waals surface area contributed by atoms with Crippen LogP contribution in [0.5, 0.6) is 0 Å². The fourth-order valence-corrected chi connectivity index (χ4v) is 2.74. The Labute approximate surface area is 138 Å². The third-order valence-electron chi connectivity index (χ3n) is 3.71. The zero-order valence-electron chi connectivity index (χ0n) is 14.5. The van der Waals surface area contributed by atoms with Crippen molar-refractivity contribution in [1.29, 1.82) is 0 Å². The van der Waals surface area contributed by atoms with Crippen LogP contribution < -0.4 is 16.4 Å². The summed E-state index contributed by atoms with van der Waals surface area (Å²) in [5.41, 5.74) is 4.53. The molecule has 2 amide bonds. The van der Waals surface area contributed by atoms with Gasteiger partial charge < -0.3 is 25.8 Å². The maximum atomic E-state index is 11.8. The van der Waals surface area contributed by atoms with Gasteiger partial charge in [-0.15, -0.1) is 0 Å². The predicted octanol–water partition coefficient (Wildman–Crippen LogP) is 1.16. The van der Waals surface area contributed by atoms with Gasteiger partial charge in [-0.3, -0.25) is 4.79 Å². The predicted molar refractivity (Wildman–Crippen MR) is 88.0 cm³/mol. The molecule has 7 nitrogen and oxygen atoms in total. The topological polar surface area (TPSA) is 103 Å². The van der Waals surface area contributed by atoms with Gasteiger partial charge in [-0.05, 0) is 39.5 Å². The van der Waals surface area contributed by atoms with E-state index in [9.17, 15) is 9.59 Å². The molecule has 0 heterocycles. The number of rotatable bonds is 8. The van der Waals surface area contributed by atoms with Crippen LogP contribution in [-0.2, 0) is 14.3 Å². The SMILES string of the molecule is CC(C)(C)OC(=O)NCC1CCCCC1NCCOCC(N)=O. The lowest BCUT2D eigenvalue weighted by molar-refractivity contribution is -0.122. The van der Waals surface area contributed by atoms with E-state index >= 15 is 0 Å². The zero-order valence-corrected chi connectivity index (χ0v) is 14.5. The highest BCUT2D eigenvalue weighted by molar-refractivity contribution is 5.74. The van der Waals surface area contributed by atoms with E-state index in [1.54, 1.807) is 0 Å². The molecule has 1 aliphatic carbocycles. The fraction of sp³-hybridized carbons (Fsp3) is 0.875. The van der Waals surface area contributed by atoms with Crippen LogP contribution in [0.1, 0.15) is 46.5 Å². The normalized spacial score (nSPS) is 21.7. The average molecular weight is 329 g/mol. The Bertz CT molecular complexity index is 382. The van der Waals surface area contributed by atoms with Gasteiger partial charge in [0.15, 0.2) is 0 Å². The highest BCUT2D eigenvalue weighted by atomic mass is 16.6. The minimum absolute atomic E-state index is 0.0457. The average Bonchev–Trinajstić information content (AvgIpc) is 2.43. The Morgan fingerprint density at radius 2 is 1.91 bits per heavy atom. The van der Waals surface area contributed by atoms with Gasteiger partial charge in [-0.25, -0.2) is 4.79 Å². The molecule has 0 bridgehead atoms. The quantitative estimate of drug-likeness (QED) is 0.580. The highest BCUT2D eigenvalue weighted by Crippen LogP contribution is 2.24. The molecule has 2 unspecified atom stereocenters. The highest BCUT2D eigenvalue weighted by Gasteiger charge is 2.25. The molecule has 0 saturated heterocycles. The van der Waals surface area contributed by atoms with E-state index in [2.05, 4.69) is 10.6 Å². The Kier molecular flexibility index (Phi) is 8.33. The summed E-state index contributed by atoms with van der Waals surface area (Å²) >= 11 is 0. The summed E-state index contributed by atoms with van der Waals surface area (Å²) in [6.45, 7) is 7.23. The molecule has 0 radical (unpaired) electrons. The van der Waals surface area contributed by atoms with E-state index in [0.717, 1.165) is 12.8 Å². The lowest BCUT2D eigenvalue weighted by Gasteiger charge is -2.32. The Balaban J connectivity index is 2.28. The maximum absolute atomic E-state index is 11.8. The minimum atomic E-state index is -0.480. The van der Waals surface area contributed by atoms with Gasteiger partial charge in [-0.2, -0.15) is 0 Å². The first-order valence-electron chi connectivity index (χ1n) is 8.34. The summed E-state index contributed by atoms with van der Waals surface area (Å²) in [5, 5.41) is 6.31. The summed E-state index contributed by atoms with van der Waals surface area (Å²) < 4.78 is 10.4. The largest absolute Gasteiger partial charge is 0.444 e. The number of nitrogens with one attached hydrogen (secondary N) is 2. The lowest BCUT2D eigenvalue weighted by Crippen LogP contribution is -2.46. The molecule has 0 aromatic rings. The molecule has 1 aliphatic rings. The first kappa shape index (κ1) is 19.7. The van der Waals surface area contributed by atoms with Gasteiger partial charge in [0.2, 0.25) is 5.91 Å². The van der Waals surface area contributed by atoms with Crippen LogP contribution in [0.15, 0.2) is 0 Å². The molecule has 1 saturated carbocycles. The molecule has 0 aliphatic heterocycles. The minimum Gasteiger partial charge on any atom is -0.444 e. The smallest absolute Gasteiger partial charge is 0.407 e. The van der Waals surface area contributed by atoms with Gasteiger partial charge in [0.1, 0.15) is 12.2 Å². The van der Waals surface area contributed by atoms with Crippen LogP contribution >= 0.6 is 0 Å². The van der Waals surface area contributed by atoms with Crippen molar-refractivity contribution in [2.45, 2.75) is 58.1 Å². The number of ether oxygens (including phenoxy) is 2. The van der Waals surface area contributed by atoms with Gasteiger partial charge in [0.05, 0.1) is 6.61 Å². The van der Waals surface area contributed by atoms with Crippen LogP contribution in [0.3, 0.4) is 0 Å². The third kappa shape index (κ3) is 9.40. The van der Waals surface area contributed by atoms with Crippen molar-refractivity contribution in [2.75, 3.05) is 26.3 Å². The second-order valence-corrected chi connectivity index (χ2v) is 7.01. The van der Waals surface area contributed by atoms with Gasteiger partial charge in [0.25, 0.3) is 0 Å². The molecule has 23 heavy (non-hydrogen) atoms. The molecule has 1 rings (SSSR count). The molecule has 0 spiro atoms. The van der Waals surface area contributed by atoms with Crippen molar-refractivity contribution in [3.8, 4) is 0 Å². The van der Waals surface area contributed by atoms with Crippen LogP contribution in [-0.4, -0.2) is 49.9 Å². The van der Waals surface area contributed by atoms with Crippen molar-refractivity contribution in [2.24, 2.45) is 11.7 Å². The summed E-state index contributed by atoms with van der Waals surface area (Å²) in [4.78, 5) is 22.3. The molecular formula is C16H31N3O4. The molecule has 4 N–H and O–H groups in total. The zero-order chi connectivity index (χ0) is 17.3. The molecule has 0 aromatic carbocycles. The second-order valence-electron chi connectivity index (χ2n) is 7.01. The Morgan fingerprint density at radius 1 is 1.22 bits per heavy atom. The maximum Gasteiger partial charge on any atom is 0.407 e. The molecule has 0 aromatic heterocycles. The molecule has 1 fully saturated rings. The fourth-order valence-electron chi connectivity index (χ4n) is 2.74. The summed E-state index contributed by atoms with van der Waals surface area (Å²) in [7, 11) is 0. The number of hydrogen-bond donors (Lipinski definition) is 3. The number of amides is 2. The van der Waals surface area contributed by atoms with Crippen LogP contribution in [0, 0.1) is 5.92 Å². The number of hydrogen-bond acceptors (Lipinski definition) is 5. The van der Waals surface area contributed by atoms with Crippen molar-refractivity contribution in [3.63, 3.8) is 0 Å². The summed E-state index contributed by atoms with van der Waals surface area (Å²) in [6, 6.07) is 0.343. The van der Waals surface area contributed by atoms with Crippen LogP contribution in [0.2, 0.25) is 0 Å². The first-order chi connectivity index (χ1) is 10.8.